The van der Waals surface area contributed by atoms with E-state index < -0.39 is 12.0 Å². The first kappa shape index (κ1) is 15.0. The van der Waals surface area contributed by atoms with Crippen molar-refractivity contribution in [2.75, 3.05) is 12.4 Å². The average molecular weight is 287 g/mol. The largest absolute Gasteiger partial charge is 0.467 e. The molecule has 0 aliphatic carbocycles. The number of nitrogens with one attached hydrogen (secondary N) is 1. The first-order chi connectivity index (χ1) is 10.0. The zero-order valence-electron chi connectivity index (χ0n) is 12.3. The molecular weight excluding hydrogens is 269 g/mol. The summed E-state index contributed by atoms with van der Waals surface area (Å²) in [6.07, 6.45) is 0. The summed E-state index contributed by atoms with van der Waals surface area (Å²) >= 11 is 0. The number of halogens is 1. The number of ether oxygens (including phenoxy) is 1. The van der Waals surface area contributed by atoms with Crippen LogP contribution in [0.2, 0.25) is 0 Å². The van der Waals surface area contributed by atoms with Gasteiger partial charge >= 0.3 is 5.97 Å². The molecule has 4 heteroatoms. The van der Waals surface area contributed by atoms with Gasteiger partial charge in [0.05, 0.1) is 7.11 Å². The monoisotopic (exact) mass is 287 g/mol. The highest BCUT2D eigenvalue weighted by Crippen LogP contribution is 2.25. The molecule has 0 fully saturated rings. The van der Waals surface area contributed by atoms with Crippen molar-refractivity contribution in [1.29, 1.82) is 0 Å². The van der Waals surface area contributed by atoms with Crippen LogP contribution in [0, 0.1) is 19.7 Å². The first-order valence-corrected chi connectivity index (χ1v) is 6.68. The van der Waals surface area contributed by atoms with Crippen LogP contribution in [-0.2, 0) is 9.53 Å². The molecule has 2 aromatic carbocycles. The molecule has 1 N–H and O–H groups in total. The Morgan fingerprint density at radius 3 is 2.57 bits per heavy atom. The molecule has 2 aromatic rings. The summed E-state index contributed by atoms with van der Waals surface area (Å²) < 4.78 is 18.1. The fourth-order valence-electron chi connectivity index (χ4n) is 2.28. The minimum absolute atomic E-state index is 0.357. The lowest BCUT2D eigenvalue weighted by molar-refractivity contribution is -0.141. The van der Waals surface area contributed by atoms with Crippen molar-refractivity contribution in [3.8, 4) is 0 Å². The predicted octanol–water partition coefficient (Wildman–Crippen LogP) is 3.77. The fraction of sp³-hybridized carbons (Fsp3) is 0.235. The predicted molar refractivity (Wildman–Crippen MR) is 80.7 cm³/mol. The van der Waals surface area contributed by atoms with Crippen LogP contribution in [0.25, 0.3) is 0 Å². The van der Waals surface area contributed by atoms with Crippen molar-refractivity contribution >= 4 is 11.7 Å². The van der Waals surface area contributed by atoms with E-state index in [1.54, 1.807) is 12.1 Å². The summed E-state index contributed by atoms with van der Waals surface area (Å²) in [5.74, 6) is -0.768. The third-order valence-electron chi connectivity index (χ3n) is 3.31. The third kappa shape index (κ3) is 3.60. The maximum absolute atomic E-state index is 13.3. The van der Waals surface area contributed by atoms with Gasteiger partial charge in [-0.05, 0) is 43.2 Å². The summed E-state index contributed by atoms with van der Waals surface area (Å²) in [7, 11) is 1.34. The Balaban J connectivity index is 2.37. The van der Waals surface area contributed by atoms with E-state index in [2.05, 4.69) is 5.32 Å². The van der Waals surface area contributed by atoms with E-state index in [1.807, 2.05) is 32.0 Å². The fourth-order valence-corrected chi connectivity index (χ4v) is 2.28. The summed E-state index contributed by atoms with van der Waals surface area (Å²) in [5, 5.41) is 3.03. The second kappa shape index (κ2) is 6.39. The van der Waals surface area contributed by atoms with E-state index in [4.69, 9.17) is 4.74 Å². The van der Waals surface area contributed by atoms with Gasteiger partial charge < -0.3 is 10.1 Å². The van der Waals surface area contributed by atoms with Crippen LogP contribution in [0.4, 0.5) is 10.1 Å². The highest BCUT2D eigenvalue weighted by atomic mass is 19.1. The zero-order chi connectivity index (χ0) is 15.4. The van der Waals surface area contributed by atoms with Crippen molar-refractivity contribution in [3.63, 3.8) is 0 Å². The van der Waals surface area contributed by atoms with Crippen molar-refractivity contribution in [2.24, 2.45) is 0 Å². The van der Waals surface area contributed by atoms with Crippen molar-refractivity contribution in [2.45, 2.75) is 19.9 Å². The summed E-state index contributed by atoms with van der Waals surface area (Å²) in [4.78, 5) is 12.1. The number of rotatable bonds is 4. The number of carbonyl (C=O) groups is 1. The number of hydrogen-bond acceptors (Lipinski definition) is 3. The maximum atomic E-state index is 13.3. The Kier molecular flexibility index (Phi) is 4.58. The molecule has 0 aromatic heterocycles. The van der Waals surface area contributed by atoms with Crippen LogP contribution in [0.5, 0.6) is 0 Å². The quantitative estimate of drug-likeness (QED) is 0.870. The minimum atomic E-state index is -0.669. The molecule has 0 aliphatic heterocycles. The molecule has 0 saturated carbocycles. The standard InChI is InChI=1S/C17H18FNO2/c1-11-7-8-15(12(2)9-11)16(17(20)21-3)19-14-6-4-5-13(18)10-14/h4-10,16,19H,1-3H3. The van der Waals surface area contributed by atoms with E-state index in [0.29, 0.717) is 5.69 Å². The van der Waals surface area contributed by atoms with Gasteiger partial charge in [-0.2, -0.15) is 0 Å². The lowest BCUT2D eigenvalue weighted by Crippen LogP contribution is -2.23. The highest BCUT2D eigenvalue weighted by Gasteiger charge is 2.23. The van der Waals surface area contributed by atoms with Crippen LogP contribution in [0.15, 0.2) is 42.5 Å². The second-order valence-corrected chi connectivity index (χ2v) is 4.97. The summed E-state index contributed by atoms with van der Waals surface area (Å²) in [6, 6.07) is 11.2. The molecule has 1 unspecified atom stereocenters. The van der Waals surface area contributed by atoms with Crippen molar-refractivity contribution < 1.29 is 13.9 Å². The van der Waals surface area contributed by atoms with Gasteiger partial charge in [0.1, 0.15) is 5.82 Å². The Bertz CT molecular complexity index is 655. The number of aryl methyl sites for hydroxylation is 2. The Labute approximate surface area is 123 Å². The van der Waals surface area contributed by atoms with Crippen LogP contribution in [0.1, 0.15) is 22.7 Å². The zero-order valence-corrected chi connectivity index (χ0v) is 12.3. The maximum Gasteiger partial charge on any atom is 0.332 e. The Hall–Kier alpha value is -2.36. The molecule has 0 bridgehead atoms. The van der Waals surface area contributed by atoms with Crippen molar-refractivity contribution in [1.82, 2.24) is 0 Å². The van der Waals surface area contributed by atoms with Gasteiger partial charge in [-0.15, -0.1) is 0 Å². The topological polar surface area (TPSA) is 38.3 Å². The molecular formula is C17H18FNO2. The summed E-state index contributed by atoms with van der Waals surface area (Å²) in [5.41, 5.74) is 3.45. The van der Waals surface area contributed by atoms with Gasteiger partial charge in [-0.1, -0.05) is 29.8 Å². The normalized spacial score (nSPS) is 11.8. The van der Waals surface area contributed by atoms with E-state index in [1.165, 1.54) is 19.2 Å². The second-order valence-electron chi connectivity index (χ2n) is 4.97. The number of hydrogen-bond donors (Lipinski definition) is 1. The van der Waals surface area contributed by atoms with Gasteiger partial charge in [0.2, 0.25) is 0 Å². The Morgan fingerprint density at radius 1 is 1.19 bits per heavy atom. The molecule has 2 rings (SSSR count). The average Bonchev–Trinajstić information content (AvgIpc) is 2.45. The lowest BCUT2D eigenvalue weighted by atomic mass is 9.99. The number of esters is 1. The number of anilines is 1. The van der Waals surface area contributed by atoms with E-state index in [0.717, 1.165) is 16.7 Å². The van der Waals surface area contributed by atoms with Gasteiger partial charge in [-0.25, -0.2) is 9.18 Å². The van der Waals surface area contributed by atoms with Gasteiger partial charge in [0.15, 0.2) is 6.04 Å². The molecule has 0 amide bonds. The number of benzene rings is 2. The van der Waals surface area contributed by atoms with Crippen LogP contribution in [0.3, 0.4) is 0 Å². The molecule has 1 atom stereocenters. The smallest absolute Gasteiger partial charge is 0.332 e. The molecule has 0 aliphatic rings. The van der Waals surface area contributed by atoms with Crippen LogP contribution < -0.4 is 5.32 Å². The molecule has 3 nitrogen and oxygen atoms in total. The Morgan fingerprint density at radius 2 is 1.95 bits per heavy atom. The molecule has 0 spiro atoms. The minimum Gasteiger partial charge on any atom is -0.467 e. The van der Waals surface area contributed by atoms with E-state index >= 15 is 0 Å². The molecule has 0 heterocycles. The van der Waals surface area contributed by atoms with Gasteiger partial charge in [0.25, 0.3) is 0 Å². The van der Waals surface area contributed by atoms with E-state index in [-0.39, 0.29) is 5.82 Å². The number of methoxy groups -OCH3 is 1. The molecule has 0 radical (unpaired) electrons. The lowest BCUT2D eigenvalue weighted by Gasteiger charge is -2.20. The van der Waals surface area contributed by atoms with Crippen molar-refractivity contribution in [3.05, 3.63) is 65.0 Å². The van der Waals surface area contributed by atoms with Gasteiger partial charge in [0, 0.05) is 5.69 Å². The van der Waals surface area contributed by atoms with Crippen LogP contribution in [-0.4, -0.2) is 13.1 Å². The molecule has 0 saturated heterocycles. The van der Waals surface area contributed by atoms with Crippen LogP contribution >= 0.6 is 0 Å². The van der Waals surface area contributed by atoms with E-state index in [9.17, 15) is 9.18 Å². The summed E-state index contributed by atoms with van der Waals surface area (Å²) in [6.45, 7) is 3.93. The first-order valence-electron chi connectivity index (χ1n) is 6.68. The SMILES string of the molecule is COC(=O)C(Nc1cccc(F)c1)c1ccc(C)cc1C. The molecule has 110 valence electrons. The molecule has 21 heavy (non-hydrogen) atoms. The van der Waals surface area contributed by atoms with Gasteiger partial charge in [-0.3, -0.25) is 0 Å². The third-order valence-corrected chi connectivity index (χ3v) is 3.31. The highest BCUT2D eigenvalue weighted by molar-refractivity contribution is 5.81. The number of carbonyl (C=O) groups excluding carboxylic acids is 1.